The summed E-state index contributed by atoms with van der Waals surface area (Å²) in [7, 11) is 0. The predicted molar refractivity (Wildman–Crippen MR) is 77.9 cm³/mol. The Morgan fingerprint density at radius 3 is 2.79 bits per heavy atom. The van der Waals surface area contributed by atoms with Gasteiger partial charge >= 0.3 is 0 Å². The summed E-state index contributed by atoms with van der Waals surface area (Å²) in [6.07, 6.45) is 7.20. The molecule has 1 heterocycles. The van der Waals surface area contributed by atoms with Gasteiger partial charge in [0.2, 0.25) is 0 Å². The lowest BCUT2D eigenvalue weighted by Crippen LogP contribution is -2.27. The van der Waals surface area contributed by atoms with Crippen LogP contribution in [-0.2, 0) is 12.8 Å². The molecule has 2 N–H and O–H groups in total. The molecule has 2 atom stereocenters. The van der Waals surface area contributed by atoms with E-state index in [1.54, 1.807) is 0 Å². The Bertz CT molecular complexity index is 577. The zero-order valence-corrected chi connectivity index (χ0v) is 11.3. The molecule has 0 fully saturated rings. The van der Waals surface area contributed by atoms with Gasteiger partial charge in [-0.25, -0.2) is 0 Å². The molecule has 0 saturated carbocycles. The SMILES string of the molecule is Cc1cncc(C(N)C2CCc3ccccc3C2)c1. The van der Waals surface area contributed by atoms with Gasteiger partial charge in [-0.05, 0) is 54.4 Å². The zero-order chi connectivity index (χ0) is 13.2. The Kier molecular flexibility index (Phi) is 3.34. The second kappa shape index (κ2) is 5.14. The lowest BCUT2D eigenvalue weighted by molar-refractivity contribution is 0.381. The van der Waals surface area contributed by atoms with Gasteiger partial charge in [-0.2, -0.15) is 0 Å². The maximum atomic E-state index is 6.46. The first-order valence-corrected chi connectivity index (χ1v) is 6.98. The molecular weight excluding hydrogens is 232 g/mol. The molecule has 2 heteroatoms. The van der Waals surface area contributed by atoms with Crippen LogP contribution in [0, 0.1) is 12.8 Å². The van der Waals surface area contributed by atoms with Crippen molar-refractivity contribution >= 4 is 0 Å². The number of rotatable bonds is 2. The Morgan fingerprint density at radius 1 is 1.21 bits per heavy atom. The average Bonchev–Trinajstić information content (AvgIpc) is 2.46. The van der Waals surface area contributed by atoms with E-state index in [0.717, 1.165) is 12.8 Å². The van der Waals surface area contributed by atoms with Gasteiger partial charge < -0.3 is 5.73 Å². The molecule has 3 rings (SSSR count). The number of nitrogens with zero attached hydrogens (tertiary/aromatic N) is 1. The Balaban J connectivity index is 1.81. The summed E-state index contributed by atoms with van der Waals surface area (Å²) < 4.78 is 0. The predicted octanol–water partition coefficient (Wildman–Crippen LogP) is 3.19. The number of pyridine rings is 1. The van der Waals surface area contributed by atoms with E-state index in [1.807, 2.05) is 12.4 Å². The number of hydrogen-bond donors (Lipinski definition) is 1. The van der Waals surface area contributed by atoms with Crippen molar-refractivity contribution in [2.24, 2.45) is 11.7 Å². The van der Waals surface area contributed by atoms with Gasteiger partial charge in [0, 0.05) is 18.4 Å². The third kappa shape index (κ3) is 2.54. The summed E-state index contributed by atoms with van der Waals surface area (Å²) in [6, 6.07) is 11.0. The molecule has 0 aliphatic heterocycles. The van der Waals surface area contributed by atoms with Crippen LogP contribution in [0.5, 0.6) is 0 Å². The monoisotopic (exact) mass is 252 g/mol. The maximum absolute atomic E-state index is 6.46. The molecule has 0 bridgehead atoms. The molecular formula is C17H20N2. The van der Waals surface area contributed by atoms with E-state index in [2.05, 4.69) is 42.2 Å². The summed E-state index contributed by atoms with van der Waals surface area (Å²) >= 11 is 0. The standard InChI is InChI=1S/C17H20N2/c1-12-8-16(11-19-10-12)17(18)15-7-6-13-4-2-3-5-14(13)9-15/h2-5,8,10-11,15,17H,6-7,9,18H2,1H3. The zero-order valence-electron chi connectivity index (χ0n) is 11.3. The van der Waals surface area contributed by atoms with Crippen molar-refractivity contribution in [3.05, 3.63) is 65.0 Å². The van der Waals surface area contributed by atoms with Crippen molar-refractivity contribution in [1.82, 2.24) is 4.98 Å². The number of nitrogens with two attached hydrogens (primary N) is 1. The van der Waals surface area contributed by atoms with Gasteiger partial charge in [-0.3, -0.25) is 4.98 Å². The van der Waals surface area contributed by atoms with Crippen LogP contribution in [0.2, 0.25) is 0 Å². The van der Waals surface area contributed by atoms with Crippen molar-refractivity contribution in [2.75, 3.05) is 0 Å². The number of hydrogen-bond acceptors (Lipinski definition) is 2. The lowest BCUT2D eigenvalue weighted by Gasteiger charge is -2.29. The normalized spacial score (nSPS) is 19.8. The van der Waals surface area contributed by atoms with E-state index >= 15 is 0 Å². The highest BCUT2D eigenvalue weighted by molar-refractivity contribution is 5.31. The van der Waals surface area contributed by atoms with E-state index < -0.39 is 0 Å². The third-order valence-corrected chi connectivity index (χ3v) is 4.17. The van der Waals surface area contributed by atoms with E-state index in [9.17, 15) is 0 Å². The van der Waals surface area contributed by atoms with Crippen LogP contribution in [0.3, 0.4) is 0 Å². The highest BCUT2D eigenvalue weighted by Crippen LogP contribution is 2.32. The number of aryl methyl sites for hydroxylation is 2. The fourth-order valence-corrected chi connectivity index (χ4v) is 3.07. The second-order valence-electron chi connectivity index (χ2n) is 5.59. The third-order valence-electron chi connectivity index (χ3n) is 4.17. The molecule has 1 aliphatic rings. The van der Waals surface area contributed by atoms with Crippen molar-refractivity contribution in [3.63, 3.8) is 0 Å². The molecule has 0 radical (unpaired) electrons. The fraction of sp³-hybridized carbons (Fsp3) is 0.353. The quantitative estimate of drug-likeness (QED) is 0.891. The largest absolute Gasteiger partial charge is 0.324 e. The summed E-state index contributed by atoms with van der Waals surface area (Å²) in [5.41, 5.74) is 11.8. The molecule has 0 amide bonds. The van der Waals surface area contributed by atoms with Crippen LogP contribution >= 0.6 is 0 Å². The van der Waals surface area contributed by atoms with E-state index in [0.29, 0.717) is 5.92 Å². The molecule has 2 unspecified atom stereocenters. The molecule has 2 nitrogen and oxygen atoms in total. The van der Waals surface area contributed by atoms with Gasteiger partial charge in [0.25, 0.3) is 0 Å². The van der Waals surface area contributed by atoms with E-state index in [4.69, 9.17) is 5.73 Å². The number of aromatic nitrogens is 1. The number of benzene rings is 1. The van der Waals surface area contributed by atoms with Crippen LogP contribution in [0.1, 0.15) is 34.7 Å². The van der Waals surface area contributed by atoms with Gasteiger partial charge in [-0.1, -0.05) is 30.3 Å². The van der Waals surface area contributed by atoms with Gasteiger partial charge in [0.1, 0.15) is 0 Å². The minimum atomic E-state index is 0.0979. The van der Waals surface area contributed by atoms with Crippen LogP contribution in [0.25, 0.3) is 0 Å². The summed E-state index contributed by atoms with van der Waals surface area (Å²) in [6.45, 7) is 2.07. The van der Waals surface area contributed by atoms with Gasteiger partial charge in [0.15, 0.2) is 0 Å². The minimum absolute atomic E-state index is 0.0979. The topological polar surface area (TPSA) is 38.9 Å². The molecule has 19 heavy (non-hydrogen) atoms. The molecule has 0 saturated heterocycles. The summed E-state index contributed by atoms with van der Waals surface area (Å²) in [4.78, 5) is 4.26. The summed E-state index contributed by atoms with van der Waals surface area (Å²) in [5.74, 6) is 0.526. The molecule has 1 aliphatic carbocycles. The molecule has 0 spiro atoms. The van der Waals surface area contributed by atoms with E-state index in [-0.39, 0.29) is 6.04 Å². The molecule has 1 aromatic carbocycles. The summed E-state index contributed by atoms with van der Waals surface area (Å²) in [5, 5.41) is 0. The van der Waals surface area contributed by atoms with Crippen molar-refractivity contribution in [1.29, 1.82) is 0 Å². The average molecular weight is 252 g/mol. The molecule has 1 aromatic heterocycles. The van der Waals surface area contributed by atoms with Crippen molar-refractivity contribution in [2.45, 2.75) is 32.2 Å². The Labute approximate surface area is 114 Å². The van der Waals surface area contributed by atoms with E-state index in [1.165, 1.54) is 28.7 Å². The van der Waals surface area contributed by atoms with Gasteiger partial charge in [0.05, 0.1) is 0 Å². The van der Waals surface area contributed by atoms with Crippen LogP contribution in [0.15, 0.2) is 42.7 Å². The van der Waals surface area contributed by atoms with Crippen LogP contribution in [-0.4, -0.2) is 4.98 Å². The highest BCUT2D eigenvalue weighted by Gasteiger charge is 2.24. The van der Waals surface area contributed by atoms with Crippen LogP contribution < -0.4 is 5.73 Å². The number of fused-ring (bicyclic) bond motifs is 1. The van der Waals surface area contributed by atoms with Crippen molar-refractivity contribution in [3.8, 4) is 0 Å². The molecule has 98 valence electrons. The first-order valence-electron chi connectivity index (χ1n) is 6.98. The molecule has 2 aromatic rings. The lowest BCUT2D eigenvalue weighted by atomic mass is 9.78. The first-order chi connectivity index (χ1) is 9.24. The van der Waals surface area contributed by atoms with Crippen LogP contribution in [0.4, 0.5) is 0 Å². The smallest absolute Gasteiger partial charge is 0.0342 e. The Hall–Kier alpha value is -1.67. The second-order valence-corrected chi connectivity index (χ2v) is 5.59. The first kappa shape index (κ1) is 12.4. The maximum Gasteiger partial charge on any atom is 0.0342 e. The van der Waals surface area contributed by atoms with Crippen molar-refractivity contribution < 1.29 is 0 Å². The fourth-order valence-electron chi connectivity index (χ4n) is 3.07. The Morgan fingerprint density at radius 2 is 2.00 bits per heavy atom. The minimum Gasteiger partial charge on any atom is -0.324 e. The highest BCUT2D eigenvalue weighted by atomic mass is 14.7. The van der Waals surface area contributed by atoms with Gasteiger partial charge in [-0.15, -0.1) is 0 Å².